The third-order valence-corrected chi connectivity index (χ3v) is 2.18. The summed E-state index contributed by atoms with van der Waals surface area (Å²) < 4.78 is 0. The van der Waals surface area contributed by atoms with Gasteiger partial charge in [-0.15, -0.1) is 0 Å². The maximum Gasteiger partial charge on any atom is 0.142 e. The number of aryl methyl sites for hydroxylation is 2. The van der Waals surface area contributed by atoms with Crippen molar-refractivity contribution in [3.8, 4) is 0 Å². The van der Waals surface area contributed by atoms with Crippen molar-refractivity contribution in [3.63, 3.8) is 0 Å². The second-order valence-electron chi connectivity index (χ2n) is 2.95. The van der Waals surface area contributed by atoms with Crippen molar-refractivity contribution in [2.24, 2.45) is 0 Å². The van der Waals surface area contributed by atoms with E-state index in [2.05, 4.69) is 21.9 Å². The maximum atomic E-state index is 5.84. The van der Waals surface area contributed by atoms with E-state index in [-0.39, 0.29) is 0 Å². The van der Waals surface area contributed by atoms with Crippen LogP contribution in [-0.4, -0.2) is 15.0 Å². The third-order valence-electron chi connectivity index (χ3n) is 1.98. The second kappa shape index (κ2) is 3.00. The molecule has 0 saturated heterocycles. The van der Waals surface area contributed by atoms with Crippen LogP contribution in [0.1, 0.15) is 18.4 Å². The fraction of sp³-hybridized carbons (Fsp3) is 0.333. The van der Waals surface area contributed by atoms with Crippen LogP contribution < -0.4 is 0 Å². The van der Waals surface area contributed by atoms with Crippen molar-refractivity contribution < 1.29 is 0 Å². The topological polar surface area (TPSA) is 41.6 Å². The van der Waals surface area contributed by atoms with Gasteiger partial charge in [-0.25, -0.2) is 9.97 Å². The first-order valence-corrected chi connectivity index (χ1v) is 4.60. The van der Waals surface area contributed by atoms with Crippen molar-refractivity contribution in [2.45, 2.75) is 20.3 Å². The molecular weight excluding hydrogens is 186 g/mol. The van der Waals surface area contributed by atoms with Crippen LogP contribution in [0.4, 0.5) is 0 Å². The second-order valence-corrected chi connectivity index (χ2v) is 3.36. The zero-order chi connectivity index (χ0) is 9.42. The van der Waals surface area contributed by atoms with Crippen LogP contribution in [0.3, 0.4) is 0 Å². The summed E-state index contributed by atoms with van der Waals surface area (Å²) in [5, 5.41) is 1.64. The number of halogens is 1. The third kappa shape index (κ3) is 1.40. The number of nitrogens with one attached hydrogen (secondary N) is 1. The van der Waals surface area contributed by atoms with E-state index in [9.17, 15) is 0 Å². The summed E-state index contributed by atoms with van der Waals surface area (Å²) >= 11 is 5.84. The molecule has 68 valence electrons. The molecule has 0 fully saturated rings. The Hall–Kier alpha value is -1.09. The zero-order valence-electron chi connectivity index (χ0n) is 7.56. The minimum Gasteiger partial charge on any atom is -0.330 e. The highest BCUT2D eigenvalue weighted by molar-refractivity contribution is 6.30. The Balaban J connectivity index is 2.80. The molecule has 0 aliphatic carbocycles. The molecule has 0 amide bonds. The van der Waals surface area contributed by atoms with Gasteiger partial charge in [0.25, 0.3) is 0 Å². The average Bonchev–Trinajstić information content (AvgIpc) is 2.43. The lowest BCUT2D eigenvalue weighted by molar-refractivity contribution is 0.978. The molecule has 3 nitrogen and oxygen atoms in total. The molecule has 2 rings (SSSR count). The number of fused-ring (bicyclic) bond motifs is 1. The van der Waals surface area contributed by atoms with E-state index in [1.807, 2.05) is 13.0 Å². The van der Waals surface area contributed by atoms with E-state index in [0.717, 1.165) is 29.0 Å². The Kier molecular flexibility index (Phi) is 1.96. The normalized spacial score (nSPS) is 11.0. The largest absolute Gasteiger partial charge is 0.330 e. The predicted octanol–water partition coefficient (Wildman–Crippen LogP) is 2.48. The number of aromatic nitrogens is 3. The van der Waals surface area contributed by atoms with Crippen LogP contribution in [0.25, 0.3) is 11.0 Å². The molecule has 0 bridgehead atoms. The minimum atomic E-state index is 0.615. The van der Waals surface area contributed by atoms with Crippen LogP contribution in [-0.2, 0) is 6.42 Å². The van der Waals surface area contributed by atoms with E-state index in [1.54, 1.807) is 0 Å². The van der Waals surface area contributed by atoms with Gasteiger partial charge in [0.2, 0.25) is 0 Å². The Labute approximate surface area is 81.2 Å². The lowest BCUT2D eigenvalue weighted by atomic mass is 10.2. The lowest BCUT2D eigenvalue weighted by Gasteiger charge is -1.98. The summed E-state index contributed by atoms with van der Waals surface area (Å²) in [5.74, 6) is 0.780. The molecule has 2 heterocycles. The van der Waals surface area contributed by atoms with E-state index in [0.29, 0.717) is 5.15 Å². The predicted molar refractivity (Wildman–Crippen MR) is 53.0 cm³/mol. The quantitative estimate of drug-likeness (QED) is 0.760. The molecule has 0 atom stereocenters. The standard InChI is InChI=1S/C9H10ClN3/c1-3-7-6-4-8(10)13-9(6)12-5(2)11-7/h4H,3H2,1-2H3,(H,11,12,13). The molecule has 0 aliphatic heterocycles. The highest BCUT2D eigenvalue weighted by Gasteiger charge is 2.06. The van der Waals surface area contributed by atoms with Crippen LogP contribution in [0, 0.1) is 6.92 Å². The van der Waals surface area contributed by atoms with E-state index in [1.165, 1.54) is 0 Å². The Bertz CT molecular complexity index is 447. The van der Waals surface area contributed by atoms with Crippen molar-refractivity contribution >= 4 is 22.6 Å². The first-order chi connectivity index (χ1) is 6.20. The molecular formula is C9H10ClN3. The van der Waals surface area contributed by atoms with E-state index >= 15 is 0 Å². The summed E-state index contributed by atoms with van der Waals surface area (Å²) in [6.45, 7) is 3.95. The zero-order valence-corrected chi connectivity index (χ0v) is 8.31. The van der Waals surface area contributed by atoms with Gasteiger partial charge in [0.05, 0.1) is 5.69 Å². The number of rotatable bonds is 1. The van der Waals surface area contributed by atoms with E-state index in [4.69, 9.17) is 11.6 Å². The van der Waals surface area contributed by atoms with Gasteiger partial charge in [-0.05, 0) is 19.4 Å². The molecule has 0 saturated carbocycles. The van der Waals surface area contributed by atoms with Crippen molar-refractivity contribution in [2.75, 3.05) is 0 Å². The Morgan fingerprint density at radius 3 is 2.92 bits per heavy atom. The fourth-order valence-electron chi connectivity index (χ4n) is 1.43. The number of hydrogen-bond donors (Lipinski definition) is 1. The van der Waals surface area contributed by atoms with Crippen LogP contribution in [0.5, 0.6) is 0 Å². The summed E-state index contributed by atoms with van der Waals surface area (Å²) in [6, 6.07) is 1.87. The van der Waals surface area contributed by atoms with Gasteiger partial charge >= 0.3 is 0 Å². The molecule has 0 radical (unpaired) electrons. The SMILES string of the molecule is CCc1nc(C)nc2[nH]c(Cl)cc12. The highest BCUT2D eigenvalue weighted by atomic mass is 35.5. The Morgan fingerprint density at radius 1 is 1.46 bits per heavy atom. The number of hydrogen-bond acceptors (Lipinski definition) is 2. The van der Waals surface area contributed by atoms with Gasteiger partial charge in [-0.3, -0.25) is 0 Å². The van der Waals surface area contributed by atoms with Crippen molar-refractivity contribution in [1.29, 1.82) is 0 Å². The lowest BCUT2D eigenvalue weighted by Crippen LogP contribution is -1.94. The fourth-order valence-corrected chi connectivity index (χ4v) is 1.63. The number of nitrogens with zero attached hydrogens (tertiary/aromatic N) is 2. The smallest absolute Gasteiger partial charge is 0.142 e. The molecule has 4 heteroatoms. The minimum absolute atomic E-state index is 0.615. The molecule has 1 N–H and O–H groups in total. The monoisotopic (exact) mass is 195 g/mol. The van der Waals surface area contributed by atoms with Gasteiger partial charge in [-0.1, -0.05) is 18.5 Å². The number of aromatic amines is 1. The van der Waals surface area contributed by atoms with Crippen LogP contribution in [0.15, 0.2) is 6.07 Å². The Morgan fingerprint density at radius 2 is 2.23 bits per heavy atom. The molecule has 0 unspecified atom stereocenters. The summed E-state index contributed by atoms with van der Waals surface area (Å²) in [4.78, 5) is 11.6. The molecule has 2 aromatic heterocycles. The molecule has 2 aromatic rings. The highest BCUT2D eigenvalue weighted by Crippen LogP contribution is 2.20. The first kappa shape index (κ1) is 8.51. The van der Waals surface area contributed by atoms with Gasteiger partial charge in [0, 0.05) is 5.39 Å². The van der Waals surface area contributed by atoms with E-state index < -0.39 is 0 Å². The molecule has 0 aliphatic rings. The van der Waals surface area contributed by atoms with Gasteiger partial charge in [-0.2, -0.15) is 0 Å². The van der Waals surface area contributed by atoms with Crippen molar-refractivity contribution in [3.05, 3.63) is 22.7 Å². The summed E-state index contributed by atoms with van der Waals surface area (Å²) in [6.07, 6.45) is 0.897. The summed E-state index contributed by atoms with van der Waals surface area (Å²) in [7, 11) is 0. The average molecular weight is 196 g/mol. The summed E-state index contributed by atoms with van der Waals surface area (Å²) in [5.41, 5.74) is 1.88. The first-order valence-electron chi connectivity index (χ1n) is 4.22. The molecule has 0 aromatic carbocycles. The van der Waals surface area contributed by atoms with Crippen LogP contribution in [0.2, 0.25) is 5.15 Å². The maximum absolute atomic E-state index is 5.84. The van der Waals surface area contributed by atoms with Crippen LogP contribution >= 0.6 is 11.6 Å². The van der Waals surface area contributed by atoms with Gasteiger partial charge in [0.1, 0.15) is 16.6 Å². The number of H-pyrrole nitrogens is 1. The van der Waals surface area contributed by atoms with Crippen molar-refractivity contribution in [1.82, 2.24) is 15.0 Å². The molecule has 13 heavy (non-hydrogen) atoms. The van der Waals surface area contributed by atoms with Gasteiger partial charge < -0.3 is 4.98 Å². The molecule has 0 spiro atoms. The van der Waals surface area contributed by atoms with Gasteiger partial charge in [0.15, 0.2) is 0 Å².